The lowest BCUT2D eigenvalue weighted by molar-refractivity contribution is -0.137. The van der Waals surface area contributed by atoms with Crippen LogP contribution >= 0.6 is 0 Å². The number of amides is 3. The maximum atomic E-state index is 13.3. The minimum atomic E-state index is -4.49. The zero-order valence-electron chi connectivity index (χ0n) is 22.1. The summed E-state index contributed by atoms with van der Waals surface area (Å²) >= 11 is 0. The van der Waals surface area contributed by atoms with Gasteiger partial charge in [-0.15, -0.1) is 0 Å². The minimum Gasteiger partial charge on any atom is -0.444 e. The van der Waals surface area contributed by atoms with Gasteiger partial charge in [0.2, 0.25) is 5.91 Å². The number of rotatable bonds is 9. The van der Waals surface area contributed by atoms with Gasteiger partial charge in [-0.1, -0.05) is 60.7 Å². The fraction of sp³-hybridized carbons (Fsp3) is 0.233. The van der Waals surface area contributed by atoms with Crippen LogP contribution in [0.1, 0.15) is 29.2 Å². The Bertz CT molecular complexity index is 1520. The monoisotopic (exact) mass is 566 g/mol. The Hall–Kier alpha value is -4.64. The van der Waals surface area contributed by atoms with Crippen LogP contribution in [0.15, 0.2) is 85.1 Å². The number of aromatic nitrogens is 1. The van der Waals surface area contributed by atoms with Crippen LogP contribution in [-0.4, -0.2) is 34.5 Å². The van der Waals surface area contributed by atoms with Gasteiger partial charge in [0.1, 0.15) is 12.1 Å². The number of halogens is 3. The summed E-state index contributed by atoms with van der Waals surface area (Å²) in [6.45, 7) is 1.10. The summed E-state index contributed by atoms with van der Waals surface area (Å²) in [5.74, 6) is -1.44. The summed E-state index contributed by atoms with van der Waals surface area (Å²) in [5, 5.41) is 5.75. The Morgan fingerprint density at radius 3 is 2.27 bits per heavy atom. The third-order valence-corrected chi connectivity index (χ3v) is 6.62. The average Bonchev–Trinajstić information content (AvgIpc) is 3.34. The van der Waals surface area contributed by atoms with Crippen LogP contribution < -0.4 is 16.4 Å². The number of fused-ring (bicyclic) bond motifs is 1. The number of para-hydroxylation sites is 1. The summed E-state index contributed by atoms with van der Waals surface area (Å²) in [6, 6.07) is 19.6. The minimum absolute atomic E-state index is 0.0391. The van der Waals surface area contributed by atoms with Gasteiger partial charge in [0.15, 0.2) is 0 Å². The van der Waals surface area contributed by atoms with Crippen LogP contribution in [0.2, 0.25) is 0 Å². The second-order valence-corrected chi connectivity index (χ2v) is 9.88. The number of alkyl halides is 3. The van der Waals surface area contributed by atoms with Gasteiger partial charge in [0.05, 0.1) is 11.6 Å². The summed E-state index contributed by atoms with van der Waals surface area (Å²) in [4.78, 5) is 42.1. The van der Waals surface area contributed by atoms with Gasteiger partial charge in [-0.05, 0) is 48.2 Å². The fourth-order valence-electron chi connectivity index (χ4n) is 4.39. The van der Waals surface area contributed by atoms with E-state index in [9.17, 15) is 27.6 Å². The quantitative estimate of drug-likeness (QED) is 0.235. The van der Waals surface area contributed by atoms with Crippen molar-refractivity contribution in [2.45, 2.75) is 44.1 Å². The lowest BCUT2D eigenvalue weighted by Gasteiger charge is -2.30. The SMILES string of the molecule is CC(Cc1ccccc1)(NC(=O)[C@@H](N)Cc1c[nH]c2ccccc12)C(=O)NC(=O)OCc1ccc(C(F)(F)F)cc1. The van der Waals surface area contributed by atoms with E-state index in [1.54, 1.807) is 36.5 Å². The van der Waals surface area contributed by atoms with Gasteiger partial charge in [-0.25, -0.2) is 4.79 Å². The van der Waals surface area contributed by atoms with E-state index in [1.165, 1.54) is 19.1 Å². The standard InChI is InChI=1S/C30H29F3N4O4/c1-29(16-19-7-3-2-4-8-19,37-26(38)24(34)15-21-17-35-25-10-6-5-9-23(21)25)27(39)36-28(40)41-18-20-11-13-22(14-12-20)30(31,32)33/h2-14,17,24,35H,15-16,18,34H2,1H3,(H,37,38)(H,36,39,40)/t24-,29?/m0/s1. The van der Waals surface area contributed by atoms with Gasteiger partial charge in [-0.3, -0.25) is 14.9 Å². The molecule has 11 heteroatoms. The van der Waals surface area contributed by atoms with E-state index >= 15 is 0 Å². The molecule has 0 aliphatic rings. The van der Waals surface area contributed by atoms with E-state index in [0.29, 0.717) is 11.1 Å². The van der Waals surface area contributed by atoms with Gasteiger partial charge in [0, 0.05) is 23.5 Å². The first-order chi connectivity index (χ1) is 19.4. The smallest absolute Gasteiger partial charge is 0.416 e. The molecular formula is C30H29F3N4O4. The topological polar surface area (TPSA) is 126 Å². The van der Waals surface area contributed by atoms with Crippen molar-refractivity contribution < 1.29 is 32.3 Å². The molecule has 41 heavy (non-hydrogen) atoms. The van der Waals surface area contributed by atoms with Crippen molar-refractivity contribution in [2.75, 3.05) is 0 Å². The molecule has 214 valence electrons. The molecule has 0 aliphatic heterocycles. The van der Waals surface area contributed by atoms with Crippen molar-refractivity contribution in [1.29, 1.82) is 0 Å². The Morgan fingerprint density at radius 1 is 0.927 bits per heavy atom. The number of carbonyl (C=O) groups is 3. The Morgan fingerprint density at radius 2 is 1.59 bits per heavy atom. The van der Waals surface area contributed by atoms with Crippen LogP contribution in [0.3, 0.4) is 0 Å². The number of hydrogen-bond donors (Lipinski definition) is 4. The molecule has 0 bridgehead atoms. The summed E-state index contributed by atoms with van der Waals surface area (Å²) in [6.07, 6.45) is -3.59. The van der Waals surface area contributed by atoms with Gasteiger partial charge >= 0.3 is 12.3 Å². The van der Waals surface area contributed by atoms with Crippen molar-refractivity contribution in [3.63, 3.8) is 0 Å². The number of H-pyrrole nitrogens is 1. The number of imide groups is 1. The van der Waals surface area contributed by atoms with E-state index in [2.05, 4.69) is 15.6 Å². The molecule has 4 rings (SSSR count). The first kappa shape index (κ1) is 29.3. The highest BCUT2D eigenvalue weighted by Gasteiger charge is 2.38. The average molecular weight is 567 g/mol. The van der Waals surface area contributed by atoms with Crippen molar-refractivity contribution in [3.05, 3.63) is 107 Å². The van der Waals surface area contributed by atoms with E-state index < -0.39 is 41.2 Å². The van der Waals surface area contributed by atoms with Crippen molar-refractivity contribution in [2.24, 2.45) is 5.73 Å². The third kappa shape index (κ3) is 7.52. The van der Waals surface area contributed by atoms with E-state index in [4.69, 9.17) is 10.5 Å². The summed E-state index contributed by atoms with van der Waals surface area (Å²) in [7, 11) is 0. The molecule has 1 heterocycles. The molecule has 1 aromatic heterocycles. The lowest BCUT2D eigenvalue weighted by Crippen LogP contribution is -2.61. The first-order valence-corrected chi connectivity index (χ1v) is 12.8. The molecule has 0 radical (unpaired) electrons. The van der Waals surface area contributed by atoms with Crippen molar-refractivity contribution >= 4 is 28.8 Å². The molecule has 0 saturated heterocycles. The van der Waals surface area contributed by atoms with Crippen LogP contribution in [-0.2, 0) is 40.0 Å². The fourth-order valence-corrected chi connectivity index (χ4v) is 4.39. The molecule has 4 aromatic rings. The van der Waals surface area contributed by atoms with E-state index in [-0.39, 0.29) is 19.4 Å². The lowest BCUT2D eigenvalue weighted by atomic mass is 9.91. The number of nitrogens with two attached hydrogens (primary N) is 1. The molecule has 3 aromatic carbocycles. The predicted octanol–water partition coefficient (Wildman–Crippen LogP) is 4.63. The number of ether oxygens (including phenoxy) is 1. The van der Waals surface area contributed by atoms with Gasteiger partial charge in [-0.2, -0.15) is 13.2 Å². The molecular weight excluding hydrogens is 537 g/mol. The number of aromatic amines is 1. The number of benzene rings is 3. The van der Waals surface area contributed by atoms with Crippen LogP contribution in [0, 0.1) is 0 Å². The zero-order valence-corrected chi connectivity index (χ0v) is 22.1. The maximum absolute atomic E-state index is 13.3. The molecule has 8 nitrogen and oxygen atoms in total. The van der Waals surface area contributed by atoms with E-state index in [1.807, 2.05) is 24.3 Å². The van der Waals surface area contributed by atoms with Crippen molar-refractivity contribution in [3.8, 4) is 0 Å². The third-order valence-electron chi connectivity index (χ3n) is 6.62. The summed E-state index contributed by atoms with van der Waals surface area (Å²) < 4.78 is 43.3. The normalized spacial score (nSPS) is 13.7. The maximum Gasteiger partial charge on any atom is 0.416 e. The highest BCUT2D eigenvalue weighted by Crippen LogP contribution is 2.29. The van der Waals surface area contributed by atoms with Crippen LogP contribution in [0.4, 0.5) is 18.0 Å². The second kappa shape index (κ2) is 12.3. The Labute approximate surface area is 234 Å². The molecule has 5 N–H and O–H groups in total. The predicted molar refractivity (Wildman–Crippen MR) is 146 cm³/mol. The number of nitrogens with one attached hydrogen (secondary N) is 3. The molecule has 0 fully saturated rings. The molecule has 0 aliphatic carbocycles. The molecule has 0 spiro atoms. The number of alkyl carbamates (subject to hydrolysis) is 1. The van der Waals surface area contributed by atoms with Crippen molar-refractivity contribution in [1.82, 2.24) is 15.6 Å². The van der Waals surface area contributed by atoms with Gasteiger partial charge in [0.25, 0.3) is 5.91 Å². The van der Waals surface area contributed by atoms with Crippen LogP contribution in [0.5, 0.6) is 0 Å². The molecule has 2 atom stereocenters. The zero-order chi connectivity index (χ0) is 29.6. The molecule has 0 saturated carbocycles. The Kier molecular flexibility index (Phi) is 8.77. The number of hydrogen-bond acceptors (Lipinski definition) is 5. The van der Waals surface area contributed by atoms with E-state index in [0.717, 1.165) is 28.6 Å². The Balaban J connectivity index is 1.42. The molecule has 3 amide bonds. The van der Waals surface area contributed by atoms with Gasteiger partial charge < -0.3 is 20.8 Å². The van der Waals surface area contributed by atoms with Crippen LogP contribution in [0.25, 0.3) is 10.9 Å². The number of carbonyl (C=O) groups excluding carboxylic acids is 3. The largest absolute Gasteiger partial charge is 0.444 e. The highest BCUT2D eigenvalue weighted by atomic mass is 19.4. The summed E-state index contributed by atoms with van der Waals surface area (Å²) in [5.41, 5.74) is 6.55. The second-order valence-electron chi connectivity index (χ2n) is 9.88. The first-order valence-electron chi connectivity index (χ1n) is 12.8. The highest BCUT2D eigenvalue weighted by molar-refractivity contribution is 6.00. The molecule has 1 unspecified atom stereocenters.